The van der Waals surface area contributed by atoms with Gasteiger partial charge in [-0.25, -0.2) is 0 Å². The normalized spacial score (nSPS) is 19.9. The van der Waals surface area contributed by atoms with Crippen molar-refractivity contribution < 1.29 is 9.53 Å². The average molecular weight is 349 g/mol. The molecule has 0 bridgehead atoms. The Bertz CT molecular complexity index is 692. The fraction of sp³-hybridized carbons (Fsp3) is 0.421. The van der Waals surface area contributed by atoms with Crippen LogP contribution in [-0.4, -0.2) is 36.1 Å². The third-order valence-corrected chi connectivity index (χ3v) is 4.53. The van der Waals surface area contributed by atoms with Gasteiger partial charge in [0.25, 0.3) is 5.91 Å². The van der Waals surface area contributed by atoms with Gasteiger partial charge in [-0.15, -0.1) is 12.4 Å². The lowest BCUT2D eigenvalue weighted by Crippen LogP contribution is -2.39. The van der Waals surface area contributed by atoms with E-state index in [4.69, 9.17) is 10.5 Å². The lowest BCUT2D eigenvalue weighted by atomic mass is 10.1. The lowest BCUT2D eigenvalue weighted by molar-refractivity contribution is -0.143. The monoisotopic (exact) mass is 348 g/mol. The van der Waals surface area contributed by atoms with Crippen molar-refractivity contribution in [1.29, 1.82) is 0 Å². The summed E-state index contributed by atoms with van der Waals surface area (Å²) < 4.78 is 5.75. The average Bonchev–Trinajstić information content (AvgIpc) is 3.08. The predicted octanol–water partition coefficient (Wildman–Crippen LogP) is 3.12. The number of carbonyl (C=O) groups excluding carboxylic acids is 1. The molecule has 0 unspecified atom stereocenters. The Kier molecular flexibility index (Phi) is 6.60. The van der Waals surface area contributed by atoms with Crippen molar-refractivity contribution >= 4 is 29.1 Å². The number of benzene rings is 2. The zero-order valence-corrected chi connectivity index (χ0v) is 14.8. The maximum atomic E-state index is 12.7. The van der Waals surface area contributed by atoms with Gasteiger partial charge in [0.1, 0.15) is 6.10 Å². The van der Waals surface area contributed by atoms with Gasteiger partial charge in [-0.2, -0.15) is 0 Å². The molecule has 0 aromatic heterocycles. The molecular weight excluding hydrogens is 324 g/mol. The number of likely N-dealkylation sites (N-methyl/N-ethyl adjacent to an activating group) is 1. The van der Waals surface area contributed by atoms with Crippen LogP contribution in [-0.2, 0) is 16.1 Å². The molecule has 1 aliphatic heterocycles. The minimum Gasteiger partial charge on any atom is -0.364 e. The number of rotatable bonds is 5. The van der Waals surface area contributed by atoms with Gasteiger partial charge >= 0.3 is 0 Å². The second kappa shape index (κ2) is 8.47. The first-order valence-electron chi connectivity index (χ1n) is 8.33. The zero-order chi connectivity index (χ0) is 16.2. The van der Waals surface area contributed by atoms with Crippen LogP contribution >= 0.6 is 12.4 Å². The summed E-state index contributed by atoms with van der Waals surface area (Å²) in [7, 11) is 0. The first-order valence-corrected chi connectivity index (χ1v) is 8.33. The third-order valence-electron chi connectivity index (χ3n) is 4.53. The number of halogens is 1. The molecule has 1 fully saturated rings. The van der Waals surface area contributed by atoms with E-state index in [1.807, 2.05) is 24.0 Å². The smallest absolute Gasteiger partial charge is 0.252 e. The van der Waals surface area contributed by atoms with Gasteiger partial charge in [0.05, 0.1) is 6.10 Å². The van der Waals surface area contributed by atoms with Crippen molar-refractivity contribution in [3.63, 3.8) is 0 Å². The second-order valence-corrected chi connectivity index (χ2v) is 6.09. The number of amides is 1. The zero-order valence-electron chi connectivity index (χ0n) is 14.0. The highest BCUT2D eigenvalue weighted by atomic mass is 35.5. The molecule has 2 aromatic rings. The molecule has 0 spiro atoms. The van der Waals surface area contributed by atoms with Crippen LogP contribution in [0.15, 0.2) is 42.5 Å². The predicted molar refractivity (Wildman–Crippen MR) is 99.2 cm³/mol. The molecule has 2 atom stereocenters. The molecule has 24 heavy (non-hydrogen) atoms. The Balaban J connectivity index is 0.00000208. The first kappa shape index (κ1) is 18.7. The molecule has 1 amide bonds. The van der Waals surface area contributed by atoms with Gasteiger partial charge < -0.3 is 15.4 Å². The fourth-order valence-electron chi connectivity index (χ4n) is 3.17. The minimum atomic E-state index is -0.330. The summed E-state index contributed by atoms with van der Waals surface area (Å²) in [6, 6.07) is 14.6. The van der Waals surface area contributed by atoms with E-state index in [1.165, 1.54) is 10.8 Å². The maximum absolute atomic E-state index is 12.7. The van der Waals surface area contributed by atoms with E-state index in [1.54, 1.807) is 0 Å². The van der Waals surface area contributed by atoms with Crippen molar-refractivity contribution in [2.24, 2.45) is 5.73 Å². The summed E-state index contributed by atoms with van der Waals surface area (Å²) in [6.07, 6.45) is 1.35. The second-order valence-electron chi connectivity index (χ2n) is 6.09. The summed E-state index contributed by atoms with van der Waals surface area (Å²) >= 11 is 0. The van der Waals surface area contributed by atoms with Gasteiger partial charge in [-0.3, -0.25) is 4.79 Å². The topological polar surface area (TPSA) is 55.6 Å². The molecule has 0 radical (unpaired) electrons. The number of nitrogens with zero attached hydrogens (tertiary/aromatic N) is 1. The molecule has 1 saturated heterocycles. The van der Waals surface area contributed by atoms with E-state index < -0.39 is 0 Å². The maximum Gasteiger partial charge on any atom is 0.252 e. The Morgan fingerprint density at radius 1 is 1.21 bits per heavy atom. The highest BCUT2D eigenvalue weighted by Crippen LogP contribution is 2.22. The summed E-state index contributed by atoms with van der Waals surface area (Å²) in [5.41, 5.74) is 6.78. The molecule has 4 nitrogen and oxygen atoms in total. The third kappa shape index (κ3) is 4.07. The van der Waals surface area contributed by atoms with E-state index in [-0.39, 0.29) is 30.5 Å². The van der Waals surface area contributed by atoms with Gasteiger partial charge in [0, 0.05) is 19.6 Å². The largest absolute Gasteiger partial charge is 0.364 e. The Morgan fingerprint density at radius 3 is 2.62 bits per heavy atom. The van der Waals surface area contributed by atoms with Gasteiger partial charge in [-0.1, -0.05) is 36.4 Å². The van der Waals surface area contributed by atoms with Gasteiger partial charge in [-0.05, 0) is 42.2 Å². The van der Waals surface area contributed by atoms with Crippen LogP contribution in [0.2, 0.25) is 0 Å². The number of hydrogen-bond acceptors (Lipinski definition) is 3. The van der Waals surface area contributed by atoms with Gasteiger partial charge in [0.15, 0.2) is 0 Å². The van der Waals surface area contributed by atoms with Crippen LogP contribution in [0.25, 0.3) is 10.8 Å². The molecule has 130 valence electrons. The van der Waals surface area contributed by atoms with Crippen molar-refractivity contribution in [2.45, 2.75) is 38.5 Å². The molecular formula is C19H25ClN2O2. The summed E-state index contributed by atoms with van der Waals surface area (Å²) in [6.45, 7) is 3.79. The first-order chi connectivity index (χ1) is 11.2. The van der Waals surface area contributed by atoms with Crippen LogP contribution < -0.4 is 5.73 Å². The van der Waals surface area contributed by atoms with E-state index in [2.05, 4.69) is 30.3 Å². The van der Waals surface area contributed by atoms with Crippen LogP contribution in [0.4, 0.5) is 0 Å². The summed E-state index contributed by atoms with van der Waals surface area (Å²) in [5, 5.41) is 2.42. The van der Waals surface area contributed by atoms with Crippen molar-refractivity contribution in [1.82, 2.24) is 4.90 Å². The van der Waals surface area contributed by atoms with E-state index >= 15 is 0 Å². The number of ether oxygens (including phenoxy) is 1. The minimum absolute atomic E-state index is 0. The fourth-order valence-corrected chi connectivity index (χ4v) is 3.17. The van der Waals surface area contributed by atoms with Crippen LogP contribution in [0.3, 0.4) is 0 Å². The molecule has 1 heterocycles. The molecule has 2 aromatic carbocycles. The summed E-state index contributed by atoms with van der Waals surface area (Å²) in [4.78, 5) is 14.5. The van der Waals surface area contributed by atoms with Crippen molar-refractivity contribution in [3.8, 4) is 0 Å². The van der Waals surface area contributed by atoms with Crippen molar-refractivity contribution in [2.75, 3.05) is 13.1 Å². The highest BCUT2D eigenvalue weighted by molar-refractivity contribution is 5.85. The van der Waals surface area contributed by atoms with Crippen LogP contribution in [0.5, 0.6) is 0 Å². The van der Waals surface area contributed by atoms with E-state index in [0.717, 1.165) is 18.4 Å². The Labute approximate surface area is 149 Å². The molecule has 2 N–H and O–H groups in total. The van der Waals surface area contributed by atoms with Gasteiger partial charge in [0.2, 0.25) is 0 Å². The number of carbonyl (C=O) groups is 1. The van der Waals surface area contributed by atoms with Crippen molar-refractivity contribution in [3.05, 3.63) is 48.0 Å². The molecule has 5 heteroatoms. The molecule has 0 aliphatic carbocycles. The number of fused-ring (bicyclic) bond motifs is 1. The van der Waals surface area contributed by atoms with Crippen LogP contribution in [0.1, 0.15) is 25.3 Å². The lowest BCUT2D eigenvalue weighted by Gasteiger charge is -2.24. The summed E-state index contributed by atoms with van der Waals surface area (Å²) in [5.74, 6) is 0.0802. The standard InChI is InChI=1S/C19H24N2O2.ClH/c1-2-21(19(22)18-10-9-17(12-20)23-18)13-14-7-8-15-5-3-4-6-16(15)11-14;/h3-8,11,17-18H,2,9-10,12-13,20H2,1H3;1H/t17-,18+;/m1./s1. The SMILES string of the molecule is CCN(Cc1ccc2ccccc2c1)C(=O)[C@@H]1CC[C@H](CN)O1.Cl. The Morgan fingerprint density at radius 2 is 1.96 bits per heavy atom. The molecule has 1 aliphatic rings. The molecule has 0 saturated carbocycles. The Hall–Kier alpha value is -1.62. The highest BCUT2D eigenvalue weighted by Gasteiger charge is 2.32. The van der Waals surface area contributed by atoms with E-state index in [9.17, 15) is 4.79 Å². The molecule has 3 rings (SSSR count). The quantitative estimate of drug-likeness (QED) is 0.903. The van der Waals surface area contributed by atoms with Crippen LogP contribution in [0, 0.1) is 0 Å². The number of hydrogen-bond donors (Lipinski definition) is 1. The van der Waals surface area contributed by atoms with E-state index in [0.29, 0.717) is 19.6 Å². The number of nitrogens with two attached hydrogens (primary N) is 1.